The van der Waals surface area contributed by atoms with Crippen LogP contribution in [0.4, 0.5) is 5.69 Å². The third kappa shape index (κ3) is 3.55. The van der Waals surface area contributed by atoms with E-state index in [4.69, 9.17) is 0 Å². The number of benzene rings is 1. The second-order valence-electron chi connectivity index (χ2n) is 5.22. The van der Waals surface area contributed by atoms with Crippen molar-refractivity contribution in [3.8, 4) is 0 Å². The van der Waals surface area contributed by atoms with E-state index < -0.39 is 0 Å². The maximum absolute atomic E-state index is 11.7. The van der Waals surface area contributed by atoms with Crippen molar-refractivity contribution in [1.82, 2.24) is 5.32 Å². The van der Waals surface area contributed by atoms with Gasteiger partial charge in [0.1, 0.15) is 0 Å². The van der Waals surface area contributed by atoms with E-state index in [9.17, 15) is 9.90 Å². The van der Waals surface area contributed by atoms with Gasteiger partial charge in [0.15, 0.2) is 0 Å². The minimum absolute atomic E-state index is 0.193. The lowest BCUT2D eigenvalue weighted by Gasteiger charge is -2.19. The molecule has 1 fully saturated rings. The van der Waals surface area contributed by atoms with E-state index in [1.54, 1.807) is 6.92 Å². The molecule has 4 nitrogen and oxygen atoms in total. The van der Waals surface area contributed by atoms with Gasteiger partial charge in [-0.05, 0) is 38.0 Å². The lowest BCUT2D eigenvalue weighted by molar-refractivity contribution is -0.117. The molecule has 0 saturated carbocycles. The van der Waals surface area contributed by atoms with Crippen LogP contribution in [-0.2, 0) is 4.79 Å². The van der Waals surface area contributed by atoms with Crippen molar-refractivity contribution < 1.29 is 9.90 Å². The second kappa shape index (κ2) is 6.17. The summed E-state index contributed by atoms with van der Waals surface area (Å²) in [5.74, 6) is 0.216. The molecule has 2 atom stereocenters. The van der Waals surface area contributed by atoms with Crippen LogP contribution in [-0.4, -0.2) is 30.2 Å². The molecule has 2 rings (SSSR count). The van der Waals surface area contributed by atoms with E-state index in [1.165, 1.54) is 0 Å². The first-order valence-electron chi connectivity index (χ1n) is 6.89. The number of carbonyl (C=O) groups excluding carboxylic acids is 1. The number of rotatable bonds is 5. The predicted molar refractivity (Wildman–Crippen MR) is 76.1 cm³/mol. The van der Waals surface area contributed by atoms with Gasteiger partial charge in [0.25, 0.3) is 0 Å². The van der Waals surface area contributed by atoms with Gasteiger partial charge in [-0.1, -0.05) is 12.1 Å². The van der Waals surface area contributed by atoms with Crippen molar-refractivity contribution in [3.05, 3.63) is 29.8 Å². The first-order chi connectivity index (χ1) is 9.08. The van der Waals surface area contributed by atoms with Crippen LogP contribution in [0.1, 0.15) is 38.3 Å². The van der Waals surface area contributed by atoms with E-state index in [1.807, 2.05) is 29.2 Å². The third-order valence-electron chi connectivity index (χ3n) is 3.50. The molecule has 2 N–H and O–H groups in total. The zero-order valence-electron chi connectivity index (χ0n) is 11.6. The lowest BCUT2D eigenvalue weighted by atomic mass is 10.1. The quantitative estimate of drug-likeness (QED) is 0.851. The molecule has 2 unspecified atom stereocenters. The average molecular weight is 262 g/mol. The topological polar surface area (TPSA) is 52.6 Å². The van der Waals surface area contributed by atoms with Crippen LogP contribution in [0.25, 0.3) is 0 Å². The Morgan fingerprint density at radius 2 is 2.00 bits per heavy atom. The first-order valence-corrected chi connectivity index (χ1v) is 6.89. The summed E-state index contributed by atoms with van der Waals surface area (Å²) in [5, 5.41) is 12.5. The van der Waals surface area contributed by atoms with E-state index in [-0.39, 0.29) is 18.1 Å². The number of hydrogen-bond acceptors (Lipinski definition) is 3. The van der Waals surface area contributed by atoms with E-state index in [0.29, 0.717) is 13.0 Å². The van der Waals surface area contributed by atoms with Crippen LogP contribution in [0.15, 0.2) is 24.3 Å². The Kier molecular flexibility index (Phi) is 4.56. The Labute approximate surface area is 114 Å². The van der Waals surface area contributed by atoms with Gasteiger partial charge in [0.2, 0.25) is 5.91 Å². The van der Waals surface area contributed by atoms with E-state index in [2.05, 4.69) is 12.2 Å². The summed E-state index contributed by atoms with van der Waals surface area (Å²) in [5.41, 5.74) is 2.14. The largest absolute Gasteiger partial charge is 0.392 e. The predicted octanol–water partition coefficient (Wildman–Crippen LogP) is 1.84. The molecular formula is C15H22N2O2. The molecule has 0 bridgehead atoms. The fraction of sp³-hybridized carbons (Fsp3) is 0.533. The van der Waals surface area contributed by atoms with Crippen molar-refractivity contribution >= 4 is 11.6 Å². The normalized spacial score (nSPS) is 18.7. The summed E-state index contributed by atoms with van der Waals surface area (Å²) in [6.07, 6.45) is 1.27. The summed E-state index contributed by atoms with van der Waals surface area (Å²) in [4.78, 5) is 13.5. The van der Waals surface area contributed by atoms with Gasteiger partial charge in [-0.25, -0.2) is 0 Å². The molecule has 1 aliphatic rings. The summed E-state index contributed by atoms with van der Waals surface area (Å²) in [7, 11) is 0. The maximum atomic E-state index is 11.7. The van der Waals surface area contributed by atoms with Crippen molar-refractivity contribution in [1.29, 1.82) is 0 Å². The zero-order valence-corrected chi connectivity index (χ0v) is 11.6. The van der Waals surface area contributed by atoms with Gasteiger partial charge >= 0.3 is 0 Å². The van der Waals surface area contributed by atoms with Gasteiger partial charge in [0, 0.05) is 31.2 Å². The van der Waals surface area contributed by atoms with Gasteiger partial charge in [-0.15, -0.1) is 0 Å². The molecule has 1 aliphatic heterocycles. The third-order valence-corrected chi connectivity index (χ3v) is 3.50. The highest BCUT2D eigenvalue weighted by molar-refractivity contribution is 5.95. The molecule has 0 aromatic heterocycles. The number of nitrogens with one attached hydrogen (secondary N) is 1. The number of hydrogen-bond donors (Lipinski definition) is 2. The molecular weight excluding hydrogens is 240 g/mol. The Balaban J connectivity index is 1.99. The number of amides is 1. The molecule has 1 aromatic rings. The highest BCUT2D eigenvalue weighted by Gasteiger charge is 2.21. The fourth-order valence-corrected chi connectivity index (χ4v) is 2.33. The highest BCUT2D eigenvalue weighted by Crippen LogP contribution is 2.23. The van der Waals surface area contributed by atoms with E-state index >= 15 is 0 Å². The van der Waals surface area contributed by atoms with Gasteiger partial charge in [-0.2, -0.15) is 0 Å². The Hall–Kier alpha value is -1.39. The van der Waals surface area contributed by atoms with E-state index in [0.717, 1.165) is 24.2 Å². The van der Waals surface area contributed by atoms with Crippen LogP contribution in [0.5, 0.6) is 0 Å². The summed E-state index contributed by atoms with van der Waals surface area (Å²) < 4.78 is 0. The monoisotopic (exact) mass is 262 g/mol. The molecule has 1 amide bonds. The molecule has 0 spiro atoms. The van der Waals surface area contributed by atoms with Crippen LogP contribution in [0, 0.1) is 0 Å². The maximum Gasteiger partial charge on any atom is 0.227 e. The smallest absolute Gasteiger partial charge is 0.227 e. The average Bonchev–Trinajstić information content (AvgIpc) is 2.82. The van der Waals surface area contributed by atoms with Crippen molar-refractivity contribution in [2.45, 2.75) is 38.8 Å². The van der Waals surface area contributed by atoms with Crippen molar-refractivity contribution in [2.24, 2.45) is 0 Å². The van der Waals surface area contributed by atoms with Crippen LogP contribution >= 0.6 is 0 Å². The first kappa shape index (κ1) is 14.0. The van der Waals surface area contributed by atoms with Gasteiger partial charge in [0.05, 0.1) is 6.10 Å². The SMILES string of the molecule is CC(O)CNC(C)c1ccc(N2CCCC2=O)cc1. The molecule has 0 aliphatic carbocycles. The molecule has 104 valence electrons. The molecule has 1 saturated heterocycles. The fourth-order valence-electron chi connectivity index (χ4n) is 2.33. The molecule has 1 heterocycles. The van der Waals surface area contributed by atoms with Gasteiger partial charge in [-0.3, -0.25) is 4.79 Å². The molecule has 0 radical (unpaired) electrons. The Morgan fingerprint density at radius 1 is 1.32 bits per heavy atom. The number of aliphatic hydroxyl groups is 1. The summed E-state index contributed by atoms with van der Waals surface area (Å²) in [6, 6.07) is 8.28. The Morgan fingerprint density at radius 3 is 2.53 bits per heavy atom. The van der Waals surface area contributed by atoms with Crippen molar-refractivity contribution in [3.63, 3.8) is 0 Å². The number of anilines is 1. The summed E-state index contributed by atoms with van der Waals surface area (Å²) >= 11 is 0. The molecule has 4 heteroatoms. The zero-order chi connectivity index (χ0) is 13.8. The standard InChI is InChI=1S/C15H22N2O2/c1-11(18)10-16-12(2)13-5-7-14(8-6-13)17-9-3-4-15(17)19/h5-8,11-12,16,18H,3-4,9-10H2,1-2H3. The van der Waals surface area contributed by atoms with Crippen LogP contribution in [0.3, 0.4) is 0 Å². The second-order valence-corrected chi connectivity index (χ2v) is 5.22. The van der Waals surface area contributed by atoms with Crippen LogP contribution in [0.2, 0.25) is 0 Å². The lowest BCUT2D eigenvalue weighted by Crippen LogP contribution is -2.27. The summed E-state index contributed by atoms with van der Waals surface area (Å²) in [6.45, 7) is 5.24. The number of nitrogens with zero attached hydrogens (tertiary/aromatic N) is 1. The Bertz CT molecular complexity index is 428. The number of carbonyl (C=O) groups is 1. The minimum atomic E-state index is -0.344. The molecule has 1 aromatic carbocycles. The van der Waals surface area contributed by atoms with Crippen molar-refractivity contribution in [2.75, 3.05) is 18.0 Å². The highest BCUT2D eigenvalue weighted by atomic mass is 16.3. The van der Waals surface area contributed by atoms with Gasteiger partial charge < -0.3 is 15.3 Å². The molecule has 19 heavy (non-hydrogen) atoms. The minimum Gasteiger partial charge on any atom is -0.392 e. The van der Waals surface area contributed by atoms with Crippen LogP contribution < -0.4 is 10.2 Å². The number of aliphatic hydroxyl groups excluding tert-OH is 1.